The minimum atomic E-state index is 0.546. The molecule has 22 heavy (non-hydrogen) atoms. The van der Waals surface area contributed by atoms with E-state index in [0.717, 1.165) is 35.7 Å². The zero-order chi connectivity index (χ0) is 15.5. The van der Waals surface area contributed by atoms with Crippen LogP contribution in [0.25, 0.3) is 11.0 Å². The molecule has 0 radical (unpaired) electrons. The minimum absolute atomic E-state index is 0.546. The first-order chi connectivity index (χ1) is 10.6. The average Bonchev–Trinajstić information content (AvgIpc) is 2.91. The molecule has 0 atom stereocenters. The van der Waals surface area contributed by atoms with Crippen LogP contribution in [0, 0.1) is 0 Å². The van der Waals surface area contributed by atoms with E-state index in [2.05, 4.69) is 30.1 Å². The van der Waals surface area contributed by atoms with E-state index in [1.54, 1.807) is 18.2 Å². The Morgan fingerprint density at radius 3 is 2.64 bits per heavy atom. The second kappa shape index (κ2) is 6.97. The standard InChI is InChI=1S/C11H11NO.C6H4Cl2S/c1-2-4-10-8(3-1)9-5-6-12-7-11(9)13-10;7-5-2-1-4(9)3-6(5)8/h1-4,12H,5-7H2;1-3,9H. The molecule has 0 bridgehead atoms. The zero-order valence-corrected chi connectivity index (χ0v) is 14.2. The van der Waals surface area contributed by atoms with E-state index in [1.165, 1.54) is 10.9 Å². The zero-order valence-electron chi connectivity index (χ0n) is 11.8. The van der Waals surface area contributed by atoms with Crippen LogP contribution < -0.4 is 5.32 Å². The van der Waals surface area contributed by atoms with Crippen molar-refractivity contribution in [2.75, 3.05) is 6.54 Å². The molecule has 1 N–H and O–H groups in total. The van der Waals surface area contributed by atoms with Gasteiger partial charge >= 0.3 is 0 Å². The van der Waals surface area contributed by atoms with Gasteiger partial charge in [0.2, 0.25) is 0 Å². The van der Waals surface area contributed by atoms with Gasteiger partial charge in [-0.05, 0) is 37.2 Å². The summed E-state index contributed by atoms with van der Waals surface area (Å²) < 4.78 is 5.73. The van der Waals surface area contributed by atoms with Gasteiger partial charge in [-0.2, -0.15) is 0 Å². The van der Waals surface area contributed by atoms with Crippen molar-refractivity contribution in [1.29, 1.82) is 0 Å². The molecule has 5 heteroatoms. The predicted molar refractivity (Wildman–Crippen MR) is 95.3 cm³/mol. The summed E-state index contributed by atoms with van der Waals surface area (Å²) in [5.74, 6) is 1.12. The van der Waals surface area contributed by atoms with Crippen LogP contribution in [0.1, 0.15) is 11.3 Å². The van der Waals surface area contributed by atoms with Crippen molar-refractivity contribution in [2.24, 2.45) is 0 Å². The molecule has 4 rings (SSSR count). The normalized spacial score (nSPS) is 13.4. The van der Waals surface area contributed by atoms with Gasteiger partial charge in [-0.15, -0.1) is 12.6 Å². The smallest absolute Gasteiger partial charge is 0.134 e. The molecule has 2 nitrogen and oxygen atoms in total. The minimum Gasteiger partial charge on any atom is -0.459 e. The predicted octanol–water partition coefficient (Wildman–Crippen LogP) is 5.36. The third kappa shape index (κ3) is 3.44. The SMILES string of the molecule is Sc1ccc(Cl)c(Cl)c1.c1ccc2c3c(oc2c1)CNCC3. The van der Waals surface area contributed by atoms with Crippen molar-refractivity contribution < 1.29 is 4.42 Å². The van der Waals surface area contributed by atoms with Crippen LogP contribution in [0.4, 0.5) is 0 Å². The summed E-state index contributed by atoms with van der Waals surface area (Å²) in [6, 6.07) is 13.5. The van der Waals surface area contributed by atoms with E-state index in [9.17, 15) is 0 Å². The Kier molecular flexibility index (Phi) is 4.99. The summed E-state index contributed by atoms with van der Waals surface area (Å²) in [4.78, 5) is 0.824. The van der Waals surface area contributed by atoms with E-state index < -0.39 is 0 Å². The highest BCUT2D eigenvalue weighted by Gasteiger charge is 2.16. The van der Waals surface area contributed by atoms with Crippen LogP contribution in [-0.4, -0.2) is 6.54 Å². The van der Waals surface area contributed by atoms with Gasteiger partial charge in [-0.25, -0.2) is 0 Å². The van der Waals surface area contributed by atoms with Gasteiger partial charge in [-0.1, -0.05) is 41.4 Å². The highest BCUT2D eigenvalue weighted by molar-refractivity contribution is 7.80. The molecule has 0 aliphatic carbocycles. The van der Waals surface area contributed by atoms with Crippen LogP contribution in [0.5, 0.6) is 0 Å². The van der Waals surface area contributed by atoms with Gasteiger partial charge in [0.1, 0.15) is 11.3 Å². The molecule has 114 valence electrons. The molecule has 1 aromatic heterocycles. The highest BCUT2D eigenvalue weighted by Crippen LogP contribution is 2.27. The van der Waals surface area contributed by atoms with Crippen LogP contribution >= 0.6 is 35.8 Å². The fourth-order valence-corrected chi connectivity index (χ4v) is 3.04. The Morgan fingerprint density at radius 2 is 1.86 bits per heavy atom. The Hall–Kier alpha value is -1.13. The largest absolute Gasteiger partial charge is 0.459 e. The van der Waals surface area contributed by atoms with Crippen molar-refractivity contribution in [3.05, 3.63) is 63.8 Å². The Balaban J connectivity index is 0.000000142. The fraction of sp³-hybridized carbons (Fsp3) is 0.176. The summed E-state index contributed by atoms with van der Waals surface area (Å²) in [7, 11) is 0. The first kappa shape index (κ1) is 15.8. The lowest BCUT2D eigenvalue weighted by Gasteiger charge is -2.10. The number of furan rings is 1. The van der Waals surface area contributed by atoms with E-state index in [-0.39, 0.29) is 0 Å². The summed E-state index contributed by atoms with van der Waals surface area (Å²) in [6.07, 6.45) is 1.09. The Morgan fingerprint density at radius 1 is 1.05 bits per heavy atom. The maximum Gasteiger partial charge on any atom is 0.134 e. The number of benzene rings is 2. The van der Waals surface area contributed by atoms with Gasteiger partial charge in [-0.3, -0.25) is 0 Å². The number of hydrogen-bond donors (Lipinski definition) is 2. The highest BCUT2D eigenvalue weighted by atomic mass is 35.5. The van der Waals surface area contributed by atoms with Crippen LogP contribution in [0.15, 0.2) is 51.8 Å². The van der Waals surface area contributed by atoms with E-state index in [0.29, 0.717) is 10.0 Å². The summed E-state index contributed by atoms with van der Waals surface area (Å²) >= 11 is 15.3. The summed E-state index contributed by atoms with van der Waals surface area (Å²) in [6.45, 7) is 1.94. The van der Waals surface area contributed by atoms with Gasteiger partial charge < -0.3 is 9.73 Å². The number of thiol groups is 1. The van der Waals surface area contributed by atoms with Crippen molar-refractivity contribution in [3.8, 4) is 0 Å². The molecule has 0 saturated carbocycles. The molecule has 0 amide bonds. The van der Waals surface area contributed by atoms with Crippen molar-refractivity contribution in [2.45, 2.75) is 17.9 Å². The van der Waals surface area contributed by atoms with Crippen molar-refractivity contribution in [3.63, 3.8) is 0 Å². The lowest BCUT2D eigenvalue weighted by atomic mass is 10.1. The number of para-hydroxylation sites is 1. The van der Waals surface area contributed by atoms with Gasteiger partial charge in [0.25, 0.3) is 0 Å². The molecule has 1 aliphatic rings. The molecular weight excluding hydrogens is 337 g/mol. The molecule has 0 saturated heterocycles. The second-order valence-corrected chi connectivity index (χ2v) is 6.36. The molecule has 2 aromatic carbocycles. The van der Waals surface area contributed by atoms with E-state index in [1.807, 2.05) is 12.1 Å². The van der Waals surface area contributed by atoms with Gasteiger partial charge in [0.15, 0.2) is 0 Å². The third-order valence-electron chi connectivity index (χ3n) is 3.52. The number of halogens is 2. The van der Waals surface area contributed by atoms with Crippen LogP contribution in [0.3, 0.4) is 0 Å². The maximum atomic E-state index is 5.73. The fourth-order valence-electron chi connectivity index (χ4n) is 2.47. The number of nitrogens with one attached hydrogen (secondary N) is 1. The summed E-state index contributed by atoms with van der Waals surface area (Å²) in [5, 5.41) is 5.71. The molecule has 3 aromatic rings. The Bertz CT molecular complexity index is 800. The first-order valence-corrected chi connectivity index (χ1v) is 8.19. The Labute approximate surface area is 144 Å². The van der Waals surface area contributed by atoms with Crippen molar-refractivity contribution in [1.82, 2.24) is 5.32 Å². The molecule has 0 unspecified atom stereocenters. The molecule has 0 fully saturated rings. The van der Waals surface area contributed by atoms with Gasteiger partial charge in [0.05, 0.1) is 16.6 Å². The molecule has 1 aliphatic heterocycles. The summed E-state index contributed by atoms with van der Waals surface area (Å²) in [5.41, 5.74) is 2.42. The lowest BCUT2D eigenvalue weighted by molar-refractivity contribution is 0.488. The first-order valence-electron chi connectivity index (χ1n) is 6.99. The maximum absolute atomic E-state index is 5.73. The average molecular weight is 352 g/mol. The number of rotatable bonds is 0. The van der Waals surface area contributed by atoms with Crippen LogP contribution in [0.2, 0.25) is 10.0 Å². The molecular formula is C17H15Cl2NOS. The lowest BCUT2D eigenvalue weighted by Crippen LogP contribution is -2.22. The second-order valence-electron chi connectivity index (χ2n) is 5.03. The molecule has 2 heterocycles. The number of hydrogen-bond acceptors (Lipinski definition) is 3. The quantitative estimate of drug-likeness (QED) is 0.533. The monoisotopic (exact) mass is 351 g/mol. The number of fused-ring (bicyclic) bond motifs is 3. The molecule has 0 spiro atoms. The van der Waals surface area contributed by atoms with Crippen molar-refractivity contribution >= 4 is 46.8 Å². The van der Waals surface area contributed by atoms with E-state index >= 15 is 0 Å². The van der Waals surface area contributed by atoms with Crippen LogP contribution in [-0.2, 0) is 13.0 Å². The topological polar surface area (TPSA) is 25.2 Å². The van der Waals surface area contributed by atoms with E-state index in [4.69, 9.17) is 27.6 Å². The van der Waals surface area contributed by atoms with Gasteiger partial charge in [0, 0.05) is 15.8 Å². The third-order valence-corrected chi connectivity index (χ3v) is 4.54.